The van der Waals surface area contributed by atoms with Gasteiger partial charge < -0.3 is 15.2 Å². The predicted octanol–water partition coefficient (Wildman–Crippen LogP) is 1.23. The van der Waals surface area contributed by atoms with Crippen molar-refractivity contribution in [2.75, 3.05) is 13.7 Å². The molecule has 0 spiro atoms. The van der Waals surface area contributed by atoms with Crippen LogP contribution in [0.15, 0.2) is 24.3 Å². The molecular weight excluding hydrogens is 225 g/mol. The Labute approximate surface area is 99.5 Å². The Kier molecular flexibility index (Phi) is 5.59. The Morgan fingerprint density at radius 2 is 2.18 bits per heavy atom. The van der Waals surface area contributed by atoms with Gasteiger partial charge in [-0.3, -0.25) is 4.79 Å². The molecule has 0 saturated carbocycles. The third-order valence-corrected chi connectivity index (χ3v) is 2.34. The topological polar surface area (TPSA) is 61.5 Å². The second kappa shape index (κ2) is 6.98. The van der Waals surface area contributed by atoms with Crippen molar-refractivity contribution in [2.45, 2.75) is 19.1 Å². The van der Waals surface area contributed by atoms with Crippen molar-refractivity contribution in [2.24, 2.45) is 5.73 Å². The molecule has 0 fully saturated rings. The first-order valence-electron chi connectivity index (χ1n) is 5.29. The van der Waals surface area contributed by atoms with Crippen LogP contribution in [0, 0.1) is 5.82 Å². The van der Waals surface area contributed by atoms with E-state index < -0.39 is 5.97 Å². The van der Waals surface area contributed by atoms with E-state index in [-0.39, 0.29) is 31.5 Å². The lowest BCUT2D eigenvalue weighted by Crippen LogP contribution is -2.26. The highest BCUT2D eigenvalue weighted by molar-refractivity contribution is 5.70. The molecule has 0 bridgehead atoms. The molecule has 0 radical (unpaired) electrons. The lowest BCUT2D eigenvalue weighted by atomic mass is 10.2. The zero-order valence-corrected chi connectivity index (χ0v) is 9.69. The second-order valence-electron chi connectivity index (χ2n) is 3.55. The van der Waals surface area contributed by atoms with Gasteiger partial charge >= 0.3 is 5.97 Å². The molecule has 0 aliphatic heterocycles. The van der Waals surface area contributed by atoms with Gasteiger partial charge in [0, 0.05) is 19.2 Å². The number of esters is 1. The maximum absolute atomic E-state index is 13.2. The summed E-state index contributed by atoms with van der Waals surface area (Å²) >= 11 is 0. The Bertz CT molecular complexity index is 367. The van der Waals surface area contributed by atoms with Gasteiger partial charge in [-0.05, 0) is 6.07 Å². The molecule has 1 atom stereocenters. The van der Waals surface area contributed by atoms with Gasteiger partial charge in [-0.25, -0.2) is 4.39 Å². The molecule has 2 N–H and O–H groups in total. The van der Waals surface area contributed by atoms with Crippen molar-refractivity contribution in [3.63, 3.8) is 0 Å². The predicted molar refractivity (Wildman–Crippen MR) is 60.7 cm³/mol. The van der Waals surface area contributed by atoms with Crippen LogP contribution >= 0.6 is 0 Å². The summed E-state index contributed by atoms with van der Waals surface area (Å²) in [6.07, 6.45) is -0.287. The van der Waals surface area contributed by atoms with Gasteiger partial charge in [0.1, 0.15) is 12.4 Å². The van der Waals surface area contributed by atoms with Crippen molar-refractivity contribution in [3.05, 3.63) is 35.6 Å². The third-order valence-electron chi connectivity index (χ3n) is 2.34. The molecule has 1 unspecified atom stereocenters. The summed E-state index contributed by atoms with van der Waals surface area (Å²) in [4.78, 5) is 11.4. The largest absolute Gasteiger partial charge is 0.461 e. The number of carbonyl (C=O) groups is 1. The number of carbonyl (C=O) groups excluding carboxylic acids is 1. The summed E-state index contributed by atoms with van der Waals surface area (Å²) in [7, 11) is 1.47. The van der Waals surface area contributed by atoms with Crippen LogP contribution in [-0.4, -0.2) is 25.7 Å². The number of rotatable bonds is 6. The summed E-state index contributed by atoms with van der Waals surface area (Å²) < 4.78 is 23.1. The number of nitrogens with two attached hydrogens (primary N) is 1. The first-order chi connectivity index (χ1) is 8.17. The van der Waals surface area contributed by atoms with Crippen molar-refractivity contribution in [1.29, 1.82) is 0 Å². The molecule has 1 aromatic carbocycles. The van der Waals surface area contributed by atoms with Crippen LogP contribution in [0.25, 0.3) is 0 Å². The molecule has 0 aliphatic carbocycles. The molecule has 4 nitrogen and oxygen atoms in total. The normalized spacial score (nSPS) is 12.2. The van der Waals surface area contributed by atoms with E-state index >= 15 is 0 Å². The van der Waals surface area contributed by atoms with Crippen LogP contribution in [0.5, 0.6) is 0 Å². The first kappa shape index (κ1) is 13.6. The zero-order valence-electron chi connectivity index (χ0n) is 9.69. The minimum absolute atomic E-state index is 0.0709. The van der Waals surface area contributed by atoms with Crippen LogP contribution in [-0.2, 0) is 20.9 Å². The van der Waals surface area contributed by atoms with E-state index in [1.54, 1.807) is 18.2 Å². The third kappa shape index (κ3) is 4.50. The maximum Gasteiger partial charge on any atom is 0.308 e. The van der Waals surface area contributed by atoms with Crippen LogP contribution < -0.4 is 5.73 Å². The summed E-state index contributed by atoms with van der Waals surface area (Å²) in [6.45, 7) is 0.164. The van der Waals surface area contributed by atoms with E-state index in [2.05, 4.69) is 0 Å². The lowest BCUT2D eigenvalue weighted by molar-refractivity contribution is -0.147. The summed E-state index contributed by atoms with van der Waals surface area (Å²) in [6, 6.07) is 6.15. The number of halogens is 1. The fourth-order valence-electron chi connectivity index (χ4n) is 1.28. The van der Waals surface area contributed by atoms with E-state index in [0.717, 1.165) is 0 Å². The first-order valence-corrected chi connectivity index (χ1v) is 5.29. The summed E-state index contributed by atoms with van der Waals surface area (Å²) in [5.74, 6) is -0.840. The summed E-state index contributed by atoms with van der Waals surface area (Å²) in [5.41, 5.74) is 5.72. The van der Waals surface area contributed by atoms with Crippen LogP contribution in [0.4, 0.5) is 4.39 Å². The number of methoxy groups -OCH3 is 1. The van der Waals surface area contributed by atoms with Gasteiger partial charge in [0.05, 0.1) is 12.5 Å². The highest BCUT2D eigenvalue weighted by Crippen LogP contribution is 2.08. The van der Waals surface area contributed by atoms with Crippen molar-refractivity contribution in [1.82, 2.24) is 0 Å². The van der Waals surface area contributed by atoms with E-state index in [1.807, 2.05) is 0 Å². The van der Waals surface area contributed by atoms with Crippen LogP contribution in [0.1, 0.15) is 12.0 Å². The van der Waals surface area contributed by atoms with Crippen molar-refractivity contribution in [3.8, 4) is 0 Å². The molecule has 0 aliphatic rings. The van der Waals surface area contributed by atoms with Gasteiger partial charge in [0.2, 0.25) is 0 Å². The Morgan fingerprint density at radius 1 is 1.47 bits per heavy atom. The fraction of sp³-hybridized carbons (Fsp3) is 0.417. The number of hydrogen-bond acceptors (Lipinski definition) is 4. The Morgan fingerprint density at radius 3 is 2.76 bits per heavy atom. The Balaban J connectivity index is 2.41. The van der Waals surface area contributed by atoms with E-state index in [1.165, 1.54) is 13.2 Å². The van der Waals surface area contributed by atoms with Crippen LogP contribution in [0.3, 0.4) is 0 Å². The minimum Gasteiger partial charge on any atom is -0.461 e. The van der Waals surface area contributed by atoms with Gasteiger partial charge in [0.25, 0.3) is 0 Å². The molecule has 1 aromatic rings. The standard InChI is InChI=1S/C12H16FNO3/c1-16-10(7-14)6-12(15)17-8-9-4-2-3-5-11(9)13/h2-5,10H,6-8,14H2,1H3. The average molecular weight is 241 g/mol. The molecular formula is C12H16FNO3. The zero-order chi connectivity index (χ0) is 12.7. The molecule has 0 aromatic heterocycles. The monoisotopic (exact) mass is 241 g/mol. The molecule has 0 amide bonds. The molecule has 0 saturated heterocycles. The van der Waals surface area contributed by atoms with E-state index in [4.69, 9.17) is 15.2 Å². The molecule has 5 heteroatoms. The average Bonchev–Trinajstić information content (AvgIpc) is 2.35. The van der Waals surface area contributed by atoms with Gasteiger partial charge in [-0.15, -0.1) is 0 Å². The van der Waals surface area contributed by atoms with E-state index in [9.17, 15) is 9.18 Å². The maximum atomic E-state index is 13.2. The molecule has 0 heterocycles. The SMILES string of the molecule is COC(CN)CC(=O)OCc1ccccc1F. The van der Waals surface area contributed by atoms with Crippen molar-refractivity contribution >= 4 is 5.97 Å². The fourth-order valence-corrected chi connectivity index (χ4v) is 1.28. The minimum atomic E-state index is -0.453. The highest BCUT2D eigenvalue weighted by Gasteiger charge is 2.13. The van der Waals surface area contributed by atoms with Gasteiger partial charge in [-0.2, -0.15) is 0 Å². The molecule has 17 heavy (non-hydrogen) atoms. The Hall–Kier alpha value is -1.46. The smallest absolute Gasteiger partial charge is 0.308 e. The summed E-state index contributed by atoms with van der Waals surface area (Å²) in [5, 5.41) is 0. The highest BCUT2D eigenvalue weighted by atomic mass is 19.1. The van der Waals surface area contributed by atoms with Gasteiger partial charge in [0.15, 0.2) is 0 Å². The van der Waals surface area contributed by atoms with Gasteiger partial charge in [-0.1, -0.05) is 18.2 Å². The van der Waals surface area contributed by atoms with E-state index in [0.29, 0.717) is 5.56 Å². The number of hydrogen-bond donors (Lipinski definition) is 1. The molecule has 1 rings (SSSR count). The number of benzene rings is 1. The molecule has 94 valence electrons. The quantitative estimate of drug-likeness (QED) is 0.761. The van der Waals surface area contributed by atoms with Crippen LogP contribution in [0.2, 0.25) is 0 Å². The number of ether oxygens (including phenoxy) is 2. The van der Waals surface area contributed by atoms with Crippen molar-refractivity contribution < 1.29 is 18.7 Å². The second-order valence-corrected chi connectivity index (χ2v) is 3.55. The lowest BCUT2D eigenvalue weighted by Gasteiger charge is -2.12.